The summed E-state index contributed by atoms with van der Waals surface area (Å²) in [6.45, 7) is 2.42. The number of carboxylic acids is 1. The van der Waals surface area contributed by atoms with E-state index in [1.54, 1.807) is 14.1 Å². The summed E-state index contributed by atoms with van der Waals surface area (Å²) in [6, 6.07) is -0.510. The number of aliphatic carboxylic acids is 1. The molecule has 1 aliphatic heterocycles. The minimum atomic E-state index is -0.829. The fraction of sp³-hybridized carbons (Fsp3) is 0.800. The minimum absolute atomic E-state index is 0.0303. The van der Waals surface area contributed by atoms with Crippen molar-refractivity contribution in [1.29, 1.82) is 0 Å². The highest BCUT2D eigenvalue weighted by atomic mass is 16.4. The highest BCUT2D eigenvalue weighted by Gasteiger charge is 2.28. The van der Waals surface area contributed by atoms with Gasteiger partial charge in [-0.3, -0.25) is 14.5 Å². The van der Waals surface area contributed by atoms with E-state index in [0.717, 1.165) is 6.54 Å². The summed E-state index contributed by atoms with van der Waals surface area (Å²) in [5.74, 6) is -0.799. The number of carbonyl (C=O) groups is 2. The molecule has 16 heavy (non-hydrogen) atoms. The van der Waals surface area contributed by atoms with Crippen LogP contribution in [0.25, 0.3) is 0 Å². The molecule has 1 fully saturated rings. The Morgan fingerprint density at radius 2 is 2.19 bits per heavy atom. The molecule has 0 aromatic rings. The zero-order chi connectivity index (χ0) is 12.1. The van der Waals surface area contributed by atoms with Crippen molar-refractivity contribution in [3.8, 4) is 0 Å². The van der Waals surface area contributed by atoms with Crippen molar-refractivity contribution in [2.45, 2.75) is 12.5 Å². The van der Waals surface area contributed by atoms with Gasteiger partial charge in [-0.25, -0.2) is 0 Å². The van der Waals surface area contributed by atoms with Gasteiger partial charge in [0.05, 0.1) is 0 Å². The maximum absolute atomic E-state index is 11.4. The molecule has 1 rings (SSSR count). The fourth-order valence-corrected chi connectivity index (χ4v) is 1.72. The van der Waals surface area contributed by atoms with Crippen LogP contribution in [0, 0.1) is 0 Å². The first-order valence-corrected chi connectivity index (χ1v) is 5.40. The van der Waals surface area contributed by atoms with Gasteiger partial charge in [-0.05, 0) is 0 Å². The highest BCUT2D eigenvalue weighted by Crippen LogP contribution is 2.05. The second-order valence-electron chi connectivity index (χ2n) is 4.13. The lowest BCUT2D eigenvalue weighted by molar-refractivity contribution is -0.144. The molecule has 1 unspecified atom stereocenters. The van der Waals surface area contributed by atoms with Gasteiger partial charge in [0.1, 0.15) is 6.04 Å². The Balaban J connectivity index is 2.44. The van der Waals surface area contributed by atoms with Crippen molar-refractivity contribution < 1.29 is 14.7 Å². The van der Waals surface area contributed by atoms with E-state index in [2.05, 4.69) is 5.32 Å². The Hall–Kier alpha value is -1.14. The van der Waals surface area contributed by atoms with Gasteiger partial charge in [-0.1, -0.05) is 0 Å². The summed E-state index contributed by atoms with van der Waals surface area (Å²) in [5, 5.41) is 12.0. The van der Waals surface area contributed by atoms with E-state index >= 15 is 0 Å². The maximum atomic E-state index is 11.4. The van der Waals surface area contributed by atoms with Crippen LogP contribution in [0.2, 0.25) is 0 Å². The molecule has 0 bridgehead atoms. The summed E-state index contributed by atoms with van der Waals surface area (Å²) >= 11 is 0. The average molecular weight is 229 g/mol. The molecule has 0 radical (unpaired) electrons. The number of piperazine rings is 1. The van der Waals surface area contributed by atoms with Crippen molar-refractivity contribution in [2.24, 2.45) is 0 Å². The van der Waals surface area contributed by atoms with E-state index in [1.165, 1.54) is 4.90 Å². The van der Waals surface area contributed by atoms with Crippen LogP contribution in [0.3, 0.4) is 0 Å². The monoisotopic (exact) mass is 229 g/mol. The Labute approximate surface area is 95.2 Å². The smallest absolute Gasteiger partial charge is 0.322 e. The SMILES string of the molecule is CN(C)C(=O)CCN1CCNCC1C(=O)O. The van der Waals surface area contributed by atoms with Gasteiger partial charge in [-0.15, -0.1) is 0 Å². The predicted octanol–water partition coefficient (Wildman–Crippen LogP) is -1.18. The predicted molar refractivity (Wildman–Crippen MR) is 59.2 cm³/mol. The van der Waals surface area contributed by atoms with Gasteiger partial charge < -0.3 is 15.3 Å². The van der Waals surface area contributed by atoms with Crippen LogP contribution >= 0.6 is 0 Å². The Kier molecular flexibility index (Phi) is 4.70. The first kappa shape index (κ1) is 12.9. The van der Waals surface area contributed by atoms with Crippen molar-refractivity contribution in [2.75, 3.05) is 40.3 Å². The number of amides is 1. The Morgan fingerprint density at radius 1 is 1.50 bits per heavy atom. The largest absolute Gasteiger partial charge is 0.480 e. The zero-order valence-corrected chi connectivity index (χ0v) is 9.77. The van der Waals surface area contributed by atoms with E-state index in [-0.39, 0.29) is 5.91 Å². The number of carbonyl (C=O) groups excluding carboxylic acids is 1. The third-order valence-electron chi connectivity index (χ3n) is 2.75. The summed E-state index contributed by atoms with van der Waals surface area (Å²) < 4.78 is 0. The molecular weight excluding hydrogens is 210 g/mol. The van der Waals surface area contributed by atoms with E-state index in [9.17, 15) is 9.59 Å². The van der Waals surface area contributed by atoms with Crippen LogP contribution in [0.5, 0.6) is 0 Å². The normalized spacial score (nSPS) is 21.8. The number of hydrogen-bond donors (Lipinski definition) is 2. The standard InChI is InChI=1S/C10H19N3O3/c1-12(2)9(14)3-5-13-6-4-11-7-8(13)10(15)16/h8,11H,3-7H2,1-2H3,(H,15,16). The minimum Gasteiger partial charge on any atom is -0.480 e. The topological polar surface area (TPSA) is 72.9 Å². The van der Waals surface area contributed by atoms with E-state index in [0.29, 0.717) is 26.1 Å². The number of rotatable bonds is 4. The van der Waals surface area contributed by atoms with Crippen molar-refractivity contribution in [1.82, 2.24) is 15.1 Å². The van der Waals surface area contributed by atoms with E-state index in [1.807, 2.05) is 4.90 Å². The molecule has 1 aliphatic rings. The van der Waals surface area contributed by atoms with Crippen LogP contribution in [0.4, 0.5) is 0 Å². The van der Waals surface area contributed by atoms with Gasteiger partial charge in [0.25, 0.3) is 0 Å². The zero-order valence-electron chi connectivity index (χ0n) is 9.77. The molecular formula is C10H19N3O3. The van der Waals surface area contributed by atoms with Crippen LogP contribution in [-0.2, 0) is 9.59 Å². The molecule has 1 atom stereocenters. The molecule has 0 saturated carbocycles. The number of hydrogen-bond acceptors (Lipinski definition) is 4. The number of nitrogens with one attached hydrogen (secondary N) is 1. The quantitative estimate of drug-likeness (QED) is 0.635. The first-order chi connectivity index (χ1) is 7.52. The first-order valence-electron chi connectivity index (χ1n) is 5.40. The molecule has 0 aliphatic carbocycles. The van der Waals surface area contributed by atoms with Gasteiger partial charge in [-0.2, -0.15) is 0 Å². The lowest BCUT2D eigenvalue weighted by Gasteiger charge is -2.33. The van der Waals surface area contributed by atoms with Crippen LogP contribution < -0.4 is 5.32 Å². The van der Waals surface area contributed by atoms with E-state index < -0.39 is 12.0 Å². The second-order valence-corrected chi connectivity index (χ2v) is 4.13. The Morgan fingerprint density at radius 3 is 2.75 bits per heavy atom. The van der Waals surface area contributed by atoms with Gasteiger partial charge in [0.2, 0.25) is 5.91 Å². The third kappa shape index (κ3) is 3.46. The third-order valence-corrected chi connectivity index (χ3v) is 2.75. The molecule has 0 aromatic carbocycles. The molecule has 6 heteroatoms. The molecule has 1 heterocycles. The van der Waals surface area contributed by atoms with Crippen LogP contribution in [0.1, 0.15) is 6.42 Å². The average Bonchev–Trinajstić information content (AvgIpc) is 2.25. The van der Waals surface area contributed by atoms with Crippen molar-refractivity contribution in [3.05, 3.63) is 0 Å². The molecule has 0 spiro atoms. The molecule has 0 aromatic heterocycles. The van der Waals surface area contributed by atoms with Gasteiger partial charge >= 0.3 is 5.97 Å². The Bertz CT molecular complexity index is 268. The fourth-order valence-electron chi connectivity index (χ4n) is 1.72. The maximum Gasteiger partial charge on any atom is 0.322 e. The summed E-state index contributed by atoms with van der Waals surface area (Å²) in [6.07, 6.45) is 0.372. The number of carboxylic acid groups (broad SMARTS) is 1. The molecule has 1 amide bonds. The summed E-state index contributed by atoms with van der Waals surface area (Å²) in [5.41, 5.74) is 0. The molecule has 6 nitrogen and oxygen atoms in total. The van der Waals surface area contributed by atoms with Crippen LogP contribution in [0.15, 0.2) is 0 Å². The molecule has 1 saturated heterocycles. The highest BCUT2D eigenvalue weighted by molar-refractivity contribution is 5.76. The summed E-state index contributed by atoms with van der Waals surface area (Å²) in [4.78, 5) is 25.7. The van der Waals surface area contributed by atoms with Crippen LogP contribution in [-0.4, -0.2) is 73.1 Å². The second kappa shape index (κ2) is 5.81. The lowest BCUT2D eigenvalue weighted by atomic mass is 10.2. The lowest BCUT2D eigenvalue weighted by Crippen LogP contribution is -2.55. The van der Waals surface area contributed by atoms with Crippen molar-refractivity contribution in [3.63, 3.8) is 0 Å². The molecule has 92 valence electrons. The summed E-state index contributed by atoms with van der Waals surface area (Å²) in [7, 11) is 3.41. The number of nitrogens with zero attached hydrogens (tertiary/aromatic N) is 2. The van der Waals surface area contributed by atoms with Gasteiger partial charge in [0.15, 0.2) is 0 Å². The van der Waals surface area contributed by atoms with Gasteiger partial charge in [0, 0.05) is 46.7 Å². The molecule has 2 N–H and O–H groups in total. The van der Waals surface area contributed by atoms with Crippen molar-refractivity contribution >= 4 is 11.9 Å². The van der Waals surface area contributed by atoms with E-state index in [4.69, 9.17) is 5.11 Å².